The molecule has 0 aliphatic rings. The van der Waals surface area contributed by atoms with E-state index in [-0.39, 0.29) is 5.91 Å². The number of carbonyl (C=O) groups excluding carboxylic acids is 1. The van der Waals surface area contributed by atoms with Gasteiger partial charge < -0.3 is 20.0 Å². The highest BCUT2D eigenvalue weighted by Gasteiger charge is 2.19. The molecular formula is C29H34N2O5S. The van der Waals surface area contributed by atoms with Gasteiger partial charge in [0.25, 0.3) is 0 Å². The molecular weight excluding hydrogens is 488 g/mol. The minimum absolute atomic E-state index is 0.156. The molecule has 0 unspecified atom stereocenters. The van der Waals surface area contributed by atoms with Gasteiger partial charge in [-0.05, 0) is 56.7 Å². The lowest BCUT2D eigenvalue weighted by atomic mass is 10.1. The number of amides is 1. The third-order valence-electron chi connectivity index (χ3n) is 5.31. The number of aliphatic carboxylic acids is 2. The molecule has 0 aliphatic heterocycles. The Labute approximate surface area is 222 Å². The maximum Gasteiger partial charge on any atom is 0.414 e. The minimum Gasteiger partial charge on any atom is -0.473 e. The summed E-state index contributed by atoms with van der Waals surface area (Å²) in [4.78, 5) is 36.9. The van der Waals surface area contributed by atoms with E-state index in [9.17, 15) is 4.79 Å². The predicted molar refractivity (Wildman–Crippen MR) is 148 cm³/mol. The highest BCUT2D eigenvalue weighted by Crippen LogP contribution is 2.33. The van der Waals surface area contributed by atoms with Gasteiger partial charge in [-0.2, -0.15) is 0 Å². The van der Waals surface area contributed by atoms with Gasteiger partial charge in [0.2, 0.25) is 5.91 Å². The second-order valence-corrected chi connectivity index (χ2v) is 9.59. The van der Waals surface area contributed by atoms with Crippen LogP contribution in [0, 0.1) is 0 Å². The fourth-order valence-electron chi connectivity index (χ4n) is 3.48. The summed E-state index contributed by atoms with van der Waals surface area (Å²) in [5.41, 5.74) is 3.37. The number of hydrogen-bond donors (Lipinski definition) is 2. The summed E-state index contributed by atoms with van der Waals surface area (Å²) in [6, 6.07) is 28.8. The number of carboxylic acid groups (broad SMARTS) is 2. The molecule has 37 heavy (non-hydrogen) atoms. The number of unbranched alkanes of at least 4 members (excludes halogenated alkanes) is 1. The Bertz CT molecular complexity index is 1110. The van der Waals surface area contributed by atoms with Gasteiger partial charge in [0.15, 0.2) is 0 Å². The molecule has 8 heteroatoms. The topological polar surface area (TPSA) is 98.2 Å². The lowest BCUT2D eigenvalue weighted by Gasteiger charge is -2.26. The molecule has 0 bridgehead atoms. The number of rotatable bonds is 11. The fraction of sp³-hybridized carbons (Fsp3) is 0.276. The zero-order valence-electron chi connectivity index (χ0n) is 21.2. The summed E-state index contributed by atoms with van der Waals surface area (Å²) in [5, 5.41) is 14.8. The Hall–Kier alpha value is -3.62. The van der Waals surface area contributed by atoms with Crippen molar-refractivity contribution >= 4 is 35.3 Å². The highest BCUT2D eigenvalue weighted by atomic mass is 32.2. The van der Waals surface area contributed by atoms with Crippen molar-refractivity contribution in [1.29, 1.82) is 0 Å². The predicted octanol–water partition coefficient (Wildman–Crippen LogP) is 5.05. The molecule has 1 amide bonds. The molecule has 0 spiro atoms. The maximum atomic E-state index is 13.4. The summed E-state index contributed by atoms with van der Waals surface area (Å²) in [7, 11) is 4.18. The van der Waals surface area contributed by atoms with Crippen molar-refractivity contribution in [3.8, 4) is 0 Å². The molecule has 0 aliphatic carbocycles. The van der Waals surface area contributed by atoms with E-state index in [0.717, 1.165) is 47.8 Å². The van der Waals surface area contributed by atoms with E-state index >= 15 is 0 Å². The van der Waals surface area contributed by atoms with Gasteiger partial charge in [-0.3, -0.25) is 4.79 Å². The highest BCUT2D eigenvalue weighted by molar-refractivity contribution is 7.98. The van der Waals surface area contributed by atoms with Crippen LogP contribution in [0.1, 0.15) is 24.0 Å². The number of para-hydroxylation sites is 1. The van der Waals surface area contributed by atoms with E-state index in [0.29, 0.717) is 6.42 Å². The number of nitrogens with zero attached hydrogens (tertiary/aromatic N) is 2. The second kappa shape index (κ2) is 16.2. The smallest absolute Gasteiger partial charge is 0.414 e. The van der Waals surface area contributed by atoms with Gasteiger partial charge in [-0.15, -0.1) is 11.8 Å². The van der Waals surface area contributed by atoms with Crippen LogP contribution >= 0.6 is 11.8 Å². The van der Waals surface area contributed by atoms with E-state index in [1.807, 2.05) is 47.4 Å². The molecule has 3 rings (SSSR count). The number of thioether (sulfide) groups is 1. The maximum absolute atomic E-state index is 13.4. The zero-order chi connectivity index (χ0) is 27.0. The Kier molecular flexibility index (Phi) is 13.0. The fourth-order valence-corrected chi connectivity index (χ4v) is 4.50. The monoisotopic (exact) mass is 522 g/mol. The van der Waals surface area contributed by atoms with Crippen LogP contribution in [0.4, 0.5) is 5.69 Å². The molecule has 0 radical (unpaired) electrons. The third kappa shape index (κ3) is 11.3. The first-order chi connectivity index (χ1) is 17.8. The second-order valence-electron chi connectivity index (χ2n) is 8.57. The summed E-state index contributed by atoms with van der Waals surface area (Å²) in [6.45, 7) is 1.77. The van der Waals surface area contributed by atoms with E-state index < -0.39 is 11.9 Å². The van der Waals surface area contributed by atoms with Crippen LogP contribution < -0.4 is 4.90 Å². The van der Waals surface area contributed by atoms with Crippen molar-refractivity contribution in [2.24, 2.45) is 0 Å². The summed E-state index contributed by atoms with van der Waals surface area (Å²) in [5.74, 6) is -2.60. The van der Waals surface area contributed by atoms with Gasteiger partial charge in [0.1, 0.15) is 0 Å². The van der Waals surface area contributed by atoms with Gasteiger partial charge in [0, 0.05) is 17.2 Å². The van der Waals surface area contributed by atoms with Crippen LogP contribution in [-0.2, 0) is 26.6 Å². The van der Waals surface area contributed by atoms with Gasteiger partial charge >= 0.3 is 11.9 Å². The summed E-state index contributed by atoms with van der Waals surface area (Å²) >= 11 is 1.79. The standard InChI is InChI=1S/C27H32N2OS.C2H2O4/c1-28(2)19-11-12-20-29(27(30)21-23-13-5-3-6-14-23)25-17-9-10-18-26(25)31-22-24-15-7-4-8-16-24;3-1(4)2(5)6/h3-10,13-18H,11-12,19-22H2,1-2H3;(H,3,4)(H,5,6). The van der Waals surface area contributed by atoms with Gasteiger partial charge in [-0.1, -0.05) is 72.8 Å². The van der Waals surface area contributed by atoms with E-state index in [2.05, 4.69) is 61.5 Å². The molecule has 0 atom stereocenters. The van der Waals surface area contributed by atoms with Crippen molar-refractivity contribution in [2.45, 2.75) is 29.9 Å². The first-order valence-electron chi connectivity index (χ1n) is 12.0. The molecule has 0 saturated carbocycles. The molecule has 196 valence electrons. The molecule has 0 fully saturated rings. The lowest BCUT2D eigenvalue weighted by Crippen LogP contribution is -2.34. The van der Waals surface area contributed by atoms with Crippen molar-refractivity contribution in [3.63, 3.8) is 0 Å². The number of anilines is 1. The van der Waals surface area contributed by atoms with Crippen LogP contribution in [0.15, 0.2) is 89.8 Å². The number of benzene rings is 3. The zero-order valence-corrected chi connectivity index (χ0v) is 22.1. The van der Waals surface area contributed by atoms with Gasteiger partial charge in [0.05, 0.1) is 12.1 Å². The van der Waals surface area contributed by atoms with Crippen molar-refractivity contribution in [1.82, 2.24) is 4.90 Å². The quantitative estimate of drug-likeness (QED) is 0.207. The number of carboxylic acids is 2. The van der Waals surface area contributed by atoms with Crippen LogP contribution in [0.3, 0.4) is 0 Å². The normalized spacial score (nSPS) is 10.4. The SMILES string of the molecule is CN(C)CCCCN(C(=O)Cc1ccccc1)c1ccccc1SCc1ccccc1.O=C(O)C(=O)O. The molecule has 0 saturated heterocycles. The van der Waals surface area contributed by atoms with E-state index in [4.69, 9.17) is 19.8 Å². The van der Waals surface area contributed by atoms with E-state index in [1.165, 1.54) is 5.56 Å². The van der Waals surface area contributed by atoms with Gasteiger partial charge in [-0.25, -0.2) is 9.59 Å². The average molecular weight is 523 g/mol. The minimum atomic E-state index is -1.82. The summed E-state index contributed by atoms with van der Waals surface area (Å²) in [6.07, 6.45) is 2.48. The van der Waals surface area contributed by atoms with Crippen molar-refractivity contribution in [2.75, 3.05) is 32.1 Å². The average Bonchev–Trinajstić information content (AvgIpc) is 2.89. The number of carbonyl (C=O) groups is 3. The Morgan fingerprint density at radius 1 is 0.703 bits per heavy atom. The molecule has 7 nitrogen and oxygen atoms in total. The van der Waals surface area contributed by atoms with Crippen LogP contribution in [0.2, 0.25) is 0 Å². The Balaban J connectivity index is 0.000000717. The largest absolute Gasteiger partial charge is 0.473 e. The summed E-state index contributed by atoms with van der Waals surface area (Å²) < 4.78 is 0. The van der Waals surface area contributed by atoms with Crippen molar-refractivity contribution < 1.29 is 24.6 Å². The molecule has 0 aromatic heterocycles. The van der Waals surface area contributed by atoms with Crippen LogP contribution in [-0.4, -0.2) is 60.1 Å². The first-order valence-corrected chi connectivity index (χ1v) is 13.0. The number of hydrogen-bond acceptors (Lipinski definition) is 5. The van der Waals surface area contributed by atoms with E-state index in [1.54, 1.807) is 11.8 Å². The van der Waals surface area contributed by atoms with Crippen molar-refractivity contribution in [3.05, 3.63) is 96.1 Å². The van der Waals surface area contributed by atoms with Crippen LogP contribution in [0.25, 0.3) is 0 Å². The Morgan fingerprint density at radius 3 is 1.78 bits per heavy atom. The third-order valence-corrected chi connectivity index (χ3v) is 6.45. The molecule has 0 heterocycles. The van der Waals surface area contributed by atoms with Crippen LogP contribution in [0.5, 0.6) is 0 Å². The molecule has 3 aromatic carbocycles. The lowest BCUT2D eigenvalue weighted by molar-refractivity contribution is -0.159. The molecule has 2 N–H and O–H groups in total. The first kappa shape index (κ1) is 29.6. The molecule has 3 aromatic rings. The Morgan fingerprint density at radius 2 is 1.22 bits per heavy atom.